The number of hydrogen-bond acceptors (Lipinski definition) is 3. The van der Waals surface area contributed by atoms with E-state index in [9.17, 15) is 4.79 Å². The highest BCUT2D eigenvalue weighted by Gasteiger charge is 2.28. The van der Waals surface area contributed by atoms with Crippen molar-refractivity contribution in [2.75, 3.05) is 19.6 Å². The van der Waals surface area contributed by atoms with Crippen LogP contribution in [0.4, 0.5) is 0 Å². The van der Waals surface area contributed by atoms with Gasteiger partial charge in [-0.05, 0) is 46.7 Å². The summed E-state index contributed by atoms with van der Waals surface area (Å²) in [6.07, 6.45) is 6.97. The summed E-state index contributed by atoms with van der Waals surface area (Å²) >= 11 is 0. The molecule has 0 radical (unpaired) electrons. The average molecular weight is 223 g/mol. The van der Waals surface area contributed by atoms with Crippen molar-refractivity contribution in [3.63, 3.8) is 0 Å². The zero-order valence-electron chi connectivity index (χ0n) is 10.5. The van der Waals surface area contributed by atoms with Crippen LogP contribution in [0.3, 0.4) is 0 Å². The van der Waals surface area contributed by atoms with Gasteiger partial charge in [0.05, 0.1) is 12.5 Å². The fourth-order valence-corrected chi connectivity index (χ4v) is 1.84. The second kappa shape index (κ2) is 5.36. The molecule has 1 heterocycles. The molecule has 0 aromatic carbocycles. The molecular weight excluding hydrogens is 202 g/mol. The zero-order valence-corrected chi connectivity index (χ0v) is 10.5. The molecule has 1 saturated heterocycles. The van der Waals surface area contributed by atoms with Crippen molar-refractivity contribution >= 4 is 5.97 Å². The minimum atomic E-state index is -0.382. The minimum Gasteiger partial charge on any atom is -0.460 e. The van der Waals surface area contributed by atoms with E-state index in [1.54, 1.807) is 0 Å². The lowest BCUT2D eigenvalue weighted by Gasteiger charge is -2.31. The van der Waals surface area contributed by atoms with Gasteiger partial charge in [0.15, 0.2) is 0 Å². The van der Waals surface area contributed by atoms with Gasteiger partial charge in [-0.3, -0.25) is 9.69 Å². The Kier molecular flexibility index (Phi) is 4.37. The molecule has 3 heteroatoms. The largest absolute Gasteiger partial charge is 0.460 e. The van der Waals surface area contributed by atoms with Gasteiger partial charge in [0.2, 0.25) is 0 Å². The number of carbonyl (C=O) groups is 1. The number of likely N-dealkylation sites (tertiary alicyclic amines) is 1. The van der Waals surface area contributed by atoms with Crippen molar-refractivity contribution in [3.05, 3.63) is 0 Å². The van der Waals surface area contributed by atoms with Crippen molar-refractivity contribution in [3.8, 4) is 12.3 Å². The van der Waals surface area contributed by atoms with Crippen LogP contribution in [0.15, 0.2) is 0 Å². The van der Waals surface area contributed by atoms with E-state index in [1.807, 2.05) is 20.8 Å². The van der Waals surface area contributed by atoms with Gasteiger partial charge in [-0.15, -0.1) is 6.42 Å². The molecule has 90 valence electrons. The molecule has 0 amide bonds. The van der Waals surface area contributed by atoms with Gasteiger partial charge in [0, 0.05) is 0 Å². The smallest absolute Gasteiger partial charge is 0.309 e. The molecule has 3 nitrogen and oxygen atoms in total. The Bertz CT molecular complexity index is 277. The molecular formula is C13H21NO2. The number of ether oxygens (including phenoxy) is 1. The third-order valence-corrected chi connectivity index (χ3v) is 2.64. The third kappa shape index (κ3) is 4.24. The summed E-state index contributed by atoms with van der Waals surface area (Å²) in [6.45, 7) is 8.18. The molecule has 0 aliphatic carbocycles. The second-order valence-corrected chi connectivity index (χ2v) is 5.29. The van der Waals surface area contributed by atoms with Crippen LogP contribution in [-0.2, 0) is 9.53 Å². The average Bonchev–Trinajstić information content (AvgIpc) is 2.16. The Hall–Kier alpha value is -1.01. The molecule has 1 fully saturated rings. The topological polar surface area (TPSA) is 29.5 Å². The predicted octanol–water partition coefficient (Wildman–Crippen LogP) is 1.67. The Morgan fingerprint density at radius 3 is 2.44 bits per heavy atom. The molecule has 1 rings (SSSR count). The molecule has 16 heavy (non-hydrogen) atoms. The van der Waals surface area contributed by atoms with Gasteiger partial charge in [0.1, 0.15) is 5.60 Å². The first kappa shape index (κ1) is 13.1. The van der Waals surface area contributed by atoms with Crippen molar-refractivity contribution in [1.82, 2.24) is 4.90 Å². The summed E-state index contributed by atoms with van der Waals surface area (Å²) in [5.74, 6) is 2.62. The molecule has 0 N–H and O–H groups in total. The number of carbonyl (C=O) groups excluding carboxylic acids is 1. The third-order valence-electron chi connectivity index (χ3n) is 2.64. The highest BCUT2D eigenvalue weighted by molar-refractivity contribution is 5.73. The normalized spacial score (nSPS) is 19.1. The first-order valence-electron chi connectivity index (χ1n) is 5.81. The highest BCUT2D eigenvalue weighted by atomic mass is 16.6. The number of nitrogens with zero attached hydrogens (tertiary/aromatic N) is 1. The van der Waals surface area contributed by atoms with E-state index in [4.69, 9.17) is 11.2 Å². The Labute approximate surface area is 98.1 Å². The predicted molar refractivity (Wildman–Crippen MR) is 63.8 cm³/mol. The Balaban J connectivity index is 2.37. The van der Waals surface area contributed by atoms with Gasteiger partial charge in [-0.25, -0.2) is 0 Å². The molecule has 0 unspecified atom stereocenters. The summed E-state index contributed by atoms with van der Waals surface area (Å²) in [5.41, 5.74) is -0.382. The number of terminal acetylenes is 1. The lowest BCUT2D eigenvalue weighted by Crippen LogP contribution is -2.38. The summed E-state index contributed by atoms with van der Waals surface area (Å²) < 4.78 is 5.37. The molecule has 0 aromatic heterocycles. The highest BCUT2D eigenvalue weighted by Crippen LogP contribution is 2.21. The van der Waals surface area contributed by atoms with E-state index >= 15 is 0 Å². The monoisotopic (exact) mass is 223 g/mol. The van der Waals surface area contributed by atoms with Crippen LogP contribution in [0.2, 0.25) is 0 Å². The Morgan fingerprint density at radius 1 is 1.44 bits per heavy atom. The molecule has 1 aliphatic rings. The van der Waals surface area contributed by atoms with Crippen molar-refractivity contribution < 1.29 is 9.53 Å². The number of rotatable bonds is 2. The van der Waals surface area contributed by atoms with E-state index in [2.05, 4.69) is 10.8 Å². The Morgan fingerprint density at radius 2 is 2.00 bits per heavy atom. The van der Waals surface area contributed by atoms with Gasteiger partial charge in [0.25, 0.3) is 0 Å². The van der Waals surface area contributed by atoms with Crippen LogP contribution in [0.25, 0.3) is 0 Å². The quantitative estimate of drug-likeness (QED) is 0.527. The molecule has 0 spiro atoms. The fourth-order valence-electron chi connectivity index (χ4n) is 1.84. The van der Waals surface area contributed by atoms with Crippen molar-refractivity contribution in [1.29, 1.82) is 0 Å². The zero-order chi connectivity index (χ0) is 12.2. The van der Waals surface area contributed by atoms with Crippen LogP contribution in [0.5, 0.6) is 0 Å². The van der Waals surface area contributed by atoms with Crippen LogP contribution in [0, 0.1) is 18.3 Å². The van der Waals surface area contributed by atoms with Gasteiger partial charge >= 0.3 is 5.97 Å². The molecule has 0 saturated carbocycles. The lowest BCUT2D eigenvalue weighted by atomic mass is 9.96. The molecule has 0 aromatic rings. The lowest BCUT2D eigenvalue weighted by molar-refractivity contribution is -0.161. The molecule has 0 atom stereocenters. The number of hydrogen-bond donors (Lipinski definition) is 0. The maximum atomic E-state index is 11.8. The van der Waals surface area contributed by atoms with Crippen LogP contribution >= 0.6 is 0 Å². The van der Waals surface area contributed by atoms with Crippen molar-refractivity contribution in [2.24, 2.45) is 5.92 Å². The number of piperidine rings is 1. The maximum Gasteiger partial charge on any atom is 0.309 e. The van der Waals surface area contributed by atoms with Crippen LogP contribution in [-0.4, -0.2) is 36.1 Å². The maximum absolute atomic E-state index is 11.8. The first-order valence-corrected chi connectivity index (χ1v) is 5.81. The fraction of sp³-hybridized carbons (Fsp3) is 0.769. The van der Waals surface area contributed by atoms with Crippen LogP contribution < -0.4 is 0 Å². The van der Waals surface area contributed by atoms with Gasteiger partial charge < -0.3 is 4.74 Å². The SMILES string of the molecule is C#CCN1CCC(C(=O)OC(C)(C)C)CC1. The first-order chi connectivity index (χ1) is 7.42. The standard InChI is InChI=1S/C13H21NO2/c1-5-8-14-9-6-11(7-10-14)12(15)16-13(2,3)4/h1,11H,6-10H2,2-4H3. The van der Waals surface area contributed by atoms with Gasteiger partial charge in [-0.1, -0.05) is 5.92 Å². The van der Waals surface area contributed by atoms with E-state index < -0.39 is 0 Å². The van der Waals surface area contributed by atoms with E-state index in [-0.39, 0.29) is 17.5 Å². The van der Waals surface area contributed by atoms with E-state index in [0.717, 1.165) is 25.9 Å². The number of esters is 1. The van der Waals surface area contributed by atoms with E-state index in [0.29, 0.717) is 6.54 Å². The summed E-state index contributed by atoms with van der Waals surface area (Å²) in [5, 5.41) is 0. The molecule has 1 aliphatic heterocycles. The van der Waals surface area contributed by atoms with Crippen molar-refractivity contribution in [2.45, 2.75) is 39.2 Å². The minimum absolute atomic E-state index is 0.0493. The summed E-state index contributed by atoms with van der Waals surface area (Å²) in [4.78, 5) is 14.0. The second-order valence-electron chi connectivity index (χ2n) is 5.29. The summed E-state index contributed by atoms with van der Waals surface area (Å²) in [7, 11) is 0. The van der Waals surface area contributed by atoms with Gasteiger partial charge in [-0.2, -0.15) is 0 Å². The van der Waals surface area contributed by atoms with Crippen LogP contribution in [0.1, 0.15) is 33.6 Å². The summed E-state index contributed by atoms with van der Waals surface area (Å²) in [6, 6.07) is 0. The molecule has 0 bridgehead atoms. The van der Waals surface area contributed by atoms with E-state index in [1.165, 1.54) is 0 Å².